The van der Waals surface area contributed by atoms with Crippen molar-refractivity contribution in [2.75, 3.05) is 26.7 Å². The van der Waals surface area contributed by atoms with E-state index in [1.165, 1.54) is 0 Å². The van der Waals surface area contributed by atoms with Gasteiger partial charge in [0.1, 0.15) is 11.7 Å². The maximum absolute atomic E-state index is 13.5. The highest BCUT2D eigenvalue weighted by atomic mass is 16.5. The molecule has 4 rings (SSSR count). The number of carbonyl (C=O) groups excluding carboxylic acids is 2. The molecule has 2 aliphatic rings. The second-order valence-corrected chi connectivity index (χ2v) is 10.0. The zero-order chi connectivity index (χ0) is 25.7. The number of benzene rings is 1. The van der Waals surface area contributed by atoms with Crippen molar-refractivity contribution < 1.29 is 19.4 Å². The first-order valence-corrected chi connectivity index (χ1v) is 12.7. The molecular weight excluding hydrogens is 454 g/mol. The molecule has 1 aliphatic carbocycles. The van der Waals surface area contributed by atoms with Crippen LogP contribution in [0.4, 0.5) is 0 Å². The van der Waals surface area contributed by atoms with Crippen LogP contribution in [0.15, 0.2) is 42.6 Å². The van der Waals surface area contributed by atoms with Gasteiger partial charge in [-0.1, -0.05) is 55.5 Å². The molecule has 190 valence electrons. The summed E-state index contributed by atoms with van der Waals surface area (Å²) in [6.07, 6.45) is 4.86. The quantitative estimate of drug-likeness (QED) is 0.631. The molecule has 0 spiro atoms. The minimum Gasteiger partial charge on any atom is -0.472 e. The van der Waals surface area contributed by atoms with E-state index in [9.17, 15) is 14.7 Å². The summed E-state index contributed by atoms with van der Waals surface area (Å²) in [6, 6.07) is 11.3. The summed E-state index contributed by atoms with van der Waals surface area (Å²) in [7, 11) is 1.81. The van der Waals surface area contributed by atoms with E-state index >= 15 is 0 Å². The summed E-state index contributed by atoms with van der Waals surface area (Å²) in [6.45, 7) is 4.49. The second kappa shape index (κ2) is 11.6. The average Bonchev–Trinajstić information content (AvgIpc) is 2.85. The van der Waals surface area contributed by atoms with Crippen LogP contribution in [0.5, 0.6) is 5.88 Å². The summed E-state index contributed by atoms with van der Waals surface area (Å²) in [5.74, 6) is 6.44. The summed E-state index contributed by atoms with van der Waals surface area (Å²) in [4.78, 5) is 34.2. The number of ether oxygens (including phenoxy) is 1. The van der Waals surface area contributed by atoms with E-state index in [0.717, 1.165) is 24.8 Å². The molecule has 1 aliphatic heterocycles. The van der Waals surface area contributed by atoms with E-state index in [2.05, 4.69) is 16.8 Å². The number of likely N-dealkylation sites (N-methyl/N-ethyl adjacent to an activating group) is 1. The summed E-state index contributed by atoms with van der Waals surface area (Å²) >= 11 is 0. The zero-order valence-electron chi connectivity index (χ0n) is 21.3. The van der Waals surface area contributed by atoms with Crippen LogP contribution in [0.1, 0.15) is 54.6 Å². The minimum absolute atomic E-state index is 0.0696. The Bertz CT molecular complexity index is 1140. The molecule has 1 N–H and O–H groups in total. The first kappa shape index (κ1) is 25.7. The van der Waals surface area contributed by atoms with Crippen LogP contribution in [0.3, 0.4) is 0 Å². The number of carbonyl (C=O) groups is 2. The normalized spacial score (nSPS) is 20.6. The number of aromatic nitrogens is 1. The van der Waals surface area contributed by atoms with Gasteiger partial charge in [0.15, 0.2) is 0 Å². The molecule has 1 saturated carbocycles. The Balaban J connectivity index is 1.60. The highest BCUT2D eigenvalue weighted by Crippen LogP contribution is 2.30. The predicted octanol–water partition coefficient (Wildman–Crippen LogP) is 3.15. The Morgan fingerprint density at radius 3 is 2.72 bits per heavy atom. The maximum atomic E-state index is 13.5. The van der Waals surface area contributed by atoms with Gasteiger partial charge >= 0.3 is 0 Å². The number of hydrogen-bond donors (Lipinski definition) is 1. The molecule has 0 radical (unpaired) electrons. The lowest BCUT2D eigenvalue weighted by molar-refractivity contribution is -0.138. The standard InChI is InChI=1S/C29H35N3O4/c1-20-17-32(21(2)19-33)29(35)25-15-23(12-7-11-22-9-5-4-6-10-22)16-30-27(25)36-26(20)18-31(3)28(34)24-13-8-14-24/h4-6,9-10,15-16,20-21,24,26,33H,8,11,13-14,17-19H2,1-3H3/t20-,21-,26-/m1/s1. The van der Waals surface area contributed by atoms with Gasteiger partial charge in [-0.3, -0.25) is 9.59 Å². The van der Waals surface area contributed by atoms with Gasteiger partial charge in [-0.05, 0) is 31.4 Å². The van der Waals surface area contributed by atoms with Crippen molar-refractivity contribution in [3.8, 4) is 17.7 Å². The first-order valence-electron chi connectivity index (χ1n) is 12.7. The Morgan fingerprint density at radius 1 is 1.31 bits per heavy atom. The van der Waals surface area contributed by atoms with Crippen LogP contribution in [0, 0.1) is 23.7 Å². The molecule has 1 aromatic heterocycles. The van der Waals surface area contributed by atoms with E-state index in [4.69, 9.17) is 4.74 Å². The monoisotopic (exact) mass is 489 g/mol. The highest BCUT2D eigenvalue weighted by molar-refractivity contribution is 5.97. The molecular formula is C29H35N3O4. The van der Waals surface area contributed by atoms with Crippen LogP contribution >= 0.6 is 0 Å². The lowest BCUT2D eigenvalue weighted by atomic mass is 9.84. The summed E-state index contributed by atoms with van der Waals surface area (Å²) in [5, 5.41) is 9.84. The van der Waals surface area contributed by atoms with Crippen molar-refractivity contribution in [3.63, 3.8) is 0 Å². The summed E-state index contributed by atoms with van der Waals surface area (Å²) < 4.78 is 6.30. The van der Waals surface area contributed by atoms with Crippen molar-refractivity contribution in [2.24, 2.45) is 11.8 Å². The Hall–Kier alpha value is -3.37. The van der Waals surface area contributed by atoms with E-state index in [-0.39, 0.29) is 48.3 Å². The number of aliphatic hydroxyl groups is 1. The Kier molecular flexibility index (Phi) is 8.27. The predicted molar refractivity (Wildman–Crippen MR) is 137 cm³/mol. The van der Waals surface area contributed by atoms with Gasteiger partial charge in [-0.25, -0.2) is 4.98 Å². The van der Waals surface area contributed by atoms with E-state index < -0.39 is 0 Å². The number of nitrogens with zero attached hydrogens (tertiary/aromatic N) is 3. The summed E-state index contributed by atoms with van der Waals surface area (Å²) in [5.41, 5.74) is 2.07. The molecule has 0 unspecified atom stereocenters. The fourth-order valence-corrected chi connectivity index (χ4v) is 4.56. The Labute approximate surface area is 213 Å². The van der Waals surface area contributed by atoms with E-state index in [0.29, 0.717) is 30.6 Å². The van der Waals surface area contributed by atoms with Crippen molar-refractivity contribution in [1.82, 2.24) is 14.8 Å². The van der Waals surface area contributed by atoms with Gasteiger partial charge in [0.25, 0.3) is 5.91 Å². The van der Waals surface area contributed by atoms with Crippen LogP contribution in [0.2, 0.25) is 0 Å². The molecule has 2 aromatic rings. The molecule has 0 bridgehead atoms. The number of aliphatic hydroxyl groups excluding tert-OH is 1. The van der Waals surface area contributed by atoms with Gasteiger partial charge in [-0.15, -0.1) is 0 Å². The number of amides is 2. The molecule has 7 nitrogen and oxygen atoms in total. The second-order valence-electron chi connectivity index (χ2n) is 10.0. The molecule has 7 heteroatoms. The lowest BCUT2D eigenvalue weighted by Gasteiger charge is -2.38. The molecule has 2 heterocycles. The Morgan fingerprint density at radius 2 is 2.06 bits per heavy atom. The van der Waals surface area contributed by atoms with Gasteiger partial charge in [0, 0.05) is 43.6 Å². The molecule has 2 amide bonds. The highest BCUT2D eigenvalue weighted by Gasteiger charge is 2.36. The topological polar surface area (TPSA) is 83.0 Å². The third-order valence-corrected chi connectivity index (χ3v) is 7.17. The lowest BCUT2D eigenvalue weighted by Crippen LogP contribution is -2.51. The maximum Gasteiger partial charge on any atom is 0.259 e. The van der Waals surface area contributed by atoms with Gasteiger partial charge in [0.05, 0.1) is 19.2 Å². The molecule has 1 fully saturated rings. The van der Waals surface area contributed by atoms with E-state index in [1.807, 2.05) is 51.2 Å². The van der Waals surface area contributed by atoms with Crippen LogP contribution < -0.4 is 4.74 Å². The fourth-order valence-electron chi connectivity index (χ4n) is 4.56. The fraction of sp³-hybridized carbons (Fsp3) is 0.483. The number of fused-ring (bicyclic) bond motifs is 1. The first-order chi connectivity index (χ1) is 17.4. The molecule has 1 aromatic carbocycles. The van der Waals surface area contributed by atoms with Crippen molar-refractivity contribution in [2.45, 2.75) is 51.7 Å². The third kappa shape index (κ3) is 5.88. The average molecular weight is 490 g/mol. The van der Waals surface area contributed by atoms with E-state index in [1.54, 1.807) is 22.1 Å². The largest absolute Gasteiger partial charge is 0.472 e. The third-order valence-electron chi connectivity index (χ3n) is 7.17. The minimum atomic E-state index is -0.367. The van der Waals surface area contributed by atoms with Crippen molar-refractivity contribution >= 4 is 11.8 Å². The van der Waals surface area contributed by atoms with Crippen LogP contribution in [-0.4, -0.2) is 70.6 Å². The molecule has 36 heavy (non-hydrogen) atoms. The van der Waals surface area contributed by atoms with Gasteiger partial charge in [-0.2, -0.15) is 0 Å². The van der Waals surface area contributed by atoms with Crippen molar-refractivity contribution in [3.05, 3.63) is 59.3 Å². The SMILES string of the molecule is C[C@@H]1CN([C@H](C)CO)C(=O)c2cc(C#CCc3ccccc3)cnc2O[C@@H]1CN(C)C(=O)C1CCC1. The number of hydrogen-bond acceptors (Lipinski definition) is 5. The molecule has 3 atom stereocenters. The van der Waals surface area contributed by atoms with Crippen LogP contribution in [0.25, 0.3) is 0 Å². The van der Waals surface area contributed by atoms with Gasteiger partial charge in [0.2, 0.25) is 11.8 Å². The van der Waals surface area contributed by atoms with Crippen molar-refractivity contribution in [1.29, 1.82) is 0 Å². The smallest absolute Gasteiger partial charge is 0.259 e. The molecule has 0 saturated heterocycles. The zero-order valence-corrected chi connectivity index (χ0v) is 21.3. The van der Waals surface area contributed by atoms with Crippen LogP contribution in [-0.2, 0) is 11.2 Å². The van der Waals surface area contributed by atoms with Gasteiger partial charge < -0.3 is 19.6 Å². The number of rotatable bonds is 6. The number of pyridine rings is 1.